The van der Waals surface area contributed by atoms with Crippen molar-refractivity contribution in [3.8, 4) is 11.5 Å². The lowest BCUT2D eigenvalue weighted by Gasteiger charge is -2.47. The number of halogens is 1. The summed E-state index contributed by atoms with van der Waals surface area (Å²) in [6.45, 7) is 7.49. The highest BCUT2D eigenvalue weighted by Gasteiger charge is 2.54. The number of carboxylic acids is 1. The number of carbonyl (C=O) groups excluding carboxylic acids is 1. The van der Waals surface area contributed by atoms with Crippen LogP contribution >= 0.6 is 11.6 Å². The SMILES string of the molecule is C[C@@H](COc1ccnc2c1[C@H](C)CCC2)C[C@H]1Cc2ccc(OCCN3CCNC3=O)cc2C12CCC(Nc1cccc(Cl)c1)(C(=O)O)CC2. The second-order valence-corrected chi connectivity index (χ2v) is 15.5. The van der Waals surface area contributed by atoms with E-state index in [1.807, 2.05) is 30.5 Å². The van der Waals surface area contributed by atoms with Crippen molar-refractivity contribution in [2.75, 3.05) is 38.2 Å². The Labute approximate surface area is 300 Å². The van der Waals surface area contributed by atoms with Crippen LogP contribution in [0.15, 0.2) is 54.7 Å². The first-order valence-electron chi connectivity index (χ1n) is 18.3. The topological polar surface area (TPSA) is 113 Å². The van der Waals surface area contributed by atoms with E-state index in [2.05, 4.69) is 41.6 Å². The molecule has 1 aromatic heterocycles. The highest BCUT2D eigenvalue weighted by atomic mass is 35.5. The van der Waals surface area contributed by atoms with Crippen molar-refractivity contribution in [3.63, 3.8) is 0 Å². The van der Waals surface area contributed by atoms with Crippen LogP contribution in [0.3, 0.4) is 0 Å². The number of pyridine rings is 1. The molecule has 1 spiro atoms. The van der Waals surface area contributed by atoms with Crippen molar-refractivity contribution in [1.82, 2.24) is 15.2 Å². The zero-order chi connectivity index (χ0) is 34.9. The van der Waals surface area contributed by atoms with E-state index in [1.54, 1.807) is 17.0 Å². The molecule has 2 fully saturated rings. The van der Waals surface area contributed by atoms with Crippen LogP contribution < -0.4 is 20.1 Å². The minimum atomic E-state index is -1.08. The average molecular weight is 701 g/mol. The number of carboxylic acid groups (broad SMARTS) is 1. The van der Waals surface area contributed by atoms with E-state index in [0.717, 1.165) is 55.7 Å². The number of carbonyl (C=O) groups is 2. The fourth-order valence-electron chi connectivity index (χ4n) is 9.16. The first-order valence-corrected chi connectivity index (χ1v) is 18.7. The van der Waals surface area contributed by atoms with Gasteiger partial charge in [-0.3, -0.25) is 4.98 Å². The van der Waals surface area contributed by atoms with Crippen LogP contribution in [-0.4, -0.2) is 65.4 Å². The minimum Gasteiger partial charge on any atom is -0.493 e. The molecule has 0 radical (unpaired) electrons. The molecule has 266 valence electrons. The zero-order valence-corrected chi connectivity index (χ0v) is 29.9. The van der Waals surface area contributed by atoms with Gasteiger partial charge in [0.05, 0.1) is 13.2 Å². The van der Waals surface area contributed by atoms with Gasteiger partial charge in [0.1, 0.15) is 23.6 Å². The van der Waals surface area contributed by atoms with E-state index >= 15 is 0 Å². The average Bonchev–Trinajstić information content (AvgIpc) is 3.64. The van der Waals surface area contributed by atoms with Crippen molar-refractivity contribution in [3.05, 3.63) is 82.1 Å². The number of hydrogen-bond acceptors (Lipinski definition) is 6. The fraction of sp³-hybridized carbons (Fsp3) is 0.525. The molecule has 2 aromatic carbocycles. The van der Waals surface area contributed by atoms with Crippen LogP contribution in [0.5, 0.6) is 11.5 Å². The summed E-state index contributed by atoms with van der Waals surface area (Å²) in [4.78, 5) is 31.4. The maximum absolute atomic E-state index is 13.0. The highest BCUT2D eigenvalue weighted by Crippen LogP contribution is 2.56. The van der Waals surface area contributed by atoms with E-state index in [1.165, 1.54) is 28.8 Å². The summed E-state index contributed by atoms with van der Waals surface area (Å²) >= 11 is 6.28. The van der Waals surface area contributed by atoms with Gasteiger partial charge in [-0.15, -0.1) is 0 Å². The van der Waals surface area contributed by atoms with E-state index in [0.29, 0.717) is 68.5 Å². The lowest BCUT2D eigenvalue weighted by molar-refractivity contribution is -0.144. The van der Waals surface area contributed by atoms with Gasteiger partial charge in [-0.25, -0.2) is 9.59 Å². The van der Waals surface area contributed by atoms with Gasteiger partial charge < -0.3 is 30.1 Å². The molecule has 2 heterocycles. The molecule has 1 aliphatic heterocycles. The largest absolute Gasteiger partial charge is 0.493 e. The van der Waals surface area contributed by atoms with Crippen molar-refractivity contribution < 1.29 is 24.2 Å². The Morgan fingerprint density at radius 1 is 1.16 bits per heavy atom. The Morgan fingerprint density at radius 2 is 2.00 bits per heavy atom. The maximum atomic E-state index is 13.0. The molecule has 2 amide bonds. The Hall–Kier alpha value is -3.98. The van der Waals surface area contributed by atoms with E-state index in [4.69, 9.17) is 21.1 Å². The minimum absolute atomic E-state index is 0.0451. The Bertz CT molecular complexity index is 1720. The lowest BCUT2D eigenvalue weighted by atomic mass is 9.59. The first-order chi connectivity index (χ1) is 24.2. The molecule has 3 aromatic rings. The molecular weight excluding hydrogens is 652 g/mol. The van der Waals surface area contributed by atoms with E-state index < -0.39 is 11.5 Å². The molecule has 0 bridgehead atoms. The highest BCUT2D eigenvalue weighted by molar-refractivity contribution is 6.30. The van der Waals surface area contributed by atoms with Gasteiger partial charge >= 0.3 is 12.0 Å². The van der Waals surface area contributed by atoms with Crippen LogP contribution in [-0.2, 0) is 23.1 Å². The molecule has 9 nitrogen and oxygen atoms in total. The molecule has 7 rings (SSSR count). The van der Waals surface area contributed by atoms with Crippen LogP contribution in [0.2, 0.25) is 5.02 Å². The standard InChI is InChI=1S/C40H49ClN4O5/c1-26(25-50-35-11-16-42-34-8-3-5-27(2)36(34)35)21-29-22-28-9-10-32(49-20-19-45-18-17-43-38(45)48)24-33(28)39(29)12-14-40(15-13-39,37(46)47)44-31-7-4-6-30(41)23-31/h4,6-7,9-11,16,23-24,26-27,29,44H,3,5,8,12-15,17-22,25H2,1-2H3,(H,43,48)(H,46,47)/t26-,27-,29+,39?,40?/m1/s1. The van der Waals surface area contributed by atoms with Gasteiger partial charge in [-0.05, 0) is 128 Å². The number of anilines is 1. The van der Waals surface area contributed by atoms with Gasteiger partial charge in [0.25, 0.3) is 0 Å². The first kappa shape index (κ1) is 34.5. The van der Waals surface area contributed by atoms with Gasteiger partial charge in [-0.2, -0.15) is 0 Å². The van der Waals surface area contributed by atoms with Gasteiger partial charge in [-0.1, -0.05) is 37.6 Å². The number of amides is 2. The van der Waals surface area contributed by atoms with Crippen LogP contribution in [0, 0.1) is 11.8 Å². The number of nitrogens with one attached hydrogen (secondary N) is 2. The van der Waals surface area contributed by atoms with Gasteiger partial charge in [0, 0.05) is 41.3 Å². The van der Waals surface area contributed by atoms with Crippen molar-refractivity contribution in [1.29, 1.82) is 0 Å². The number of fused-ring (bicyclic) bond motifs is 3. The number of rotatable bonds is 12. The molecule has 3 N–H and O–H groups in total. The van der Waals surface area contributed by atoms with Crippen LogP contribution in [0.4, 0.5) is 10.5 Å². The predicted molar refractivity (Wildman–Crippen MR) is 195 cm³/mol. The molecule has 1 saturated carbocycles. The summed E-state index contributed by atoms with van der Waals surface area (Å²) in [6.07, 6.45) is 9.61. The normalized spacial score (nSPS) is 26.2. The number of aromatic nitrogens is 1. The van der Waals surface area contributed by atoms with Crippen molar-refractivity contribution >= 4 is 29.3 Å². The third-order valence-electron chi connectivity index (χ3n) is 11.8. The monoisotopic (exact) mass is 700 g/mol. The summed E-state index contributed by atoms with van der Waals surface area (Å²) in [5.41, 5.74) is 4.51. The van der Waals surface area contributed by atoms with Crippen molar-refractivity contribution in [2.45, 2.75) is 88.5 Å². The quantitative estimate of drug-likeness (QED) is 0.178. The predicted octanol–water partition coefficient (Wildman–Crippen LogP) is 7.60. The Morgan fingerprint density at radius 3 is 2.76 bits per heavy atom. The molecule has 10 heteroatoms. The molecule has 3 aliphatic carbocycles. The smallest absolute Gasteiger partial charge is 0.329 e. The number of ether oxygens (including phenoxy) is 2. The number of benzene rings is 2. The van der Waals surface area contributed by atoms with E-state index in [9.17, 15) is 14.7 Å². The maximum Gasteiger partial charge on any atom is 0.329 e. The summed E-state index contributed by atoms with van der Waals surface area (Å²) in [5, 5.41) is 17.4. The Kier molecular flexibility index (Phi) is 9.88. The number of nitrogens with zero attached hydrogens (tertiary/aromatic N) is 2. The zero-order valence-electron chi connectivity index (χ0n) is 29.2. The second kappa shape index (κ2) is 14.3. The van der Waals surface area contributed by atoms with Crippen LogP contribution in [0.25, 0.3) is 0 Å². The molecule has 4 aliphatic rings. The van der Waals surface area contributed by atoms with Crippen molar-refractivity contribution in [2.24, 2.45) is 11.8 Å². The second-order valence-electron chi connectivity index (χ2n) is 15.1. The Balaban J connectivity index is 1.11. The van der Waals surface area contributed by atoms with E-state index in [-0.39, 0.29) is 11.4 Å². The molecular formula is C40H49ClN4O5. The summed E-state index contributed by atoms with van der Waals surface area (Å²) < 4.78 is 12.8. The summed E-state index contributed by atoms with van der Waals surface area (Å²) in [6, 6.07) is 15.7. The number of aliphatic carboxylic acids is 1. The molecule has 0 unspecified atom stereocenters. The third-order valence-corrected chi connectivity index (χ3v) is 12.1. The summed E-state index contributed by atoms with van der Waals surface area (Å²) in [7, 11) is 0. The molecule has 50 heavy (non-hydrogen) atoms. The molecule has 1 saturated heterocycles. The van der Waals surface area contributed by atoms with Crippen LogP contribution in [0.1, 0.15) is 87.1 Å². The number of urea groups is 1. The third kappa shape index (κ3) is 6.85. The number of aryl methyl sites for hydroxylation is 1. The number of hydrogen-bond donors (Lipinski definition) is 3. The van der Waals surface area contributed by atoms with Gasteiger partial charge in [0.15, 0.2) is 0 Å². The fourth-order valence-corrected chi connectivity index (χ4v) is 9.35. The molecule has 3 atom stereocenters. The summed E-state index contributed by atoms with van der Waals surface area (Å²) in [5.74, 6) is 2.02. The van der Waals surface area contributed by atoms with Gasteiger partial charge in [0.2, 0.25) is 0 Å². The lowest BCUT2D eigenvalue weighted by Crippen LogP contribution is -2.53.